The minimum absolute atomic E-state index is 0.0964. The van der Waals surface area contributed by atoms with Crippen molar-refractivity contribution >= 4 is 5.91 Å². The molecule has 0 bridgehead atoms. The van der Waals surface area contributed by atoms with E-state index >= 15 is 0 Å². The molecule has 1 aromatic heterocycles. The average Bonchev–Trinajstić information content (AvgIpc) is 2.98. The number of aromatic nitrogens is 3. The number of hydrogen-bond acceptors (Lipinski definition) is 6. The molecule has 2 aliphatic rings. The van der Waals surface area contributed by atoms with Gasteiger partial charge in [-0.25, -0.2) is 0 Å². The Morgan fingerprint density at radius 1 is 1.19 bits per heavy atom. The molecule has 2 fully saturated rings. The van der Waals surface area contributed by atoms with E-state index in [2.05, 4.69) is 29.9 Å². The summed E-state index contributed by atoms with van der Waals surface area (Å²) in [5.74, 6) is 2.43. The maximum Gasteiger partial charge on any atom is 0.234 e. The second-order valence-electron chi connectivity index (χ2n) is 7.57. The number of nitrogens with zero attached hydrogens (tertiary/aromatic N) is 5. The number of rotatable bonds is 6. The smallest absolute Gasteiger partial charge is 0.234 e. The van der Waals surface area contributed by atoms with Crippen molar-refractivity contribution in [3.05, 3.63) is 11.6 Å². The normalized spacial score (nSPS) is 23.3. The lowest BCUT2D eigenvalue weighted by atomic mass is 9.97. The van der Waals surface area contributed by atoms with Gasteiger partial charge in [-0.3, -0.25) is 14.6 Å². The Morgan fingerprint density at radius 2 is 1.96 bits per heavy atom. The molecule has 0 aromatic carbocycles. The summed E-state index contributed by atoms with van der Waals surface area (Å²) >= 11 is 0. The largest absolute Gasteiger partial charge is 0.393 e. The maximum absolute atomic E-state index is 11.9. The Morgan fingerprint density at radius 3 is 2.69 bits per heavy atom. The molecule has 3 rings (SSSR count). The SMILES string of the molecule is CCNC(=O)CN1CCC[C@@H](c2nnc(CN3CCC(O)CC3)n2C)C1. The van der Waals surface area contributed by atoms with Crippen molar-refractivity contribution in [3.8, 4) is 0 Å². The van der Waals surface area contributed by atoms with Gasteiger partial charge in [0.25, 0.3) is 0 Å². The van der Waals surface area contributed by atoms with Gasteiger partial charge in [0.2, 0.25) is 5.91 Å². The molecule has 3 heterocycles. The van der Waals surface area contributed by atoms with Crippen molar-refractivity contribution in [3.63, 3.8) is 0 Å². The highest BCUT2D eigenvalue weighted by molar-refractivity contribution is 5.77. The van der Waals surface area contributed by atoms with Gasteiger partial charge in [-0.2, -0.15) is 0 Å². The van der Waals surface area contributed by atoms with Gasteiger partial charge in [0.1, 0.15) is 11.6 Å². The van der Waals surface area contributed by atoms with E-state index in [1.165, 1.54) is 0 Å². The van der Waals surface area contributed by atoms with E-state index in [1.807, 2.05) is 14.0 Å². The van der Waals surface area contributed by atoms with Crippen molar-refractivity contribution < 1.29 is 9.90 Å². The number of hydrogen-bond donors (Lipinski definition) is 2. The summed E-state index contributed by atoms with van der Waals surface area (Å²) in [5.41, 5.74) is 0. The third-order valence-electron chi connectivity index (χ3n) is 5.53. The molecule has 0 unspecified atom stereocenters. The highest BCUT2D eigenvalue weighted by atomic mass is 16.3. The van der Waals surface area contributed by atoms with Crippen LogP contribution in [0, 0.1) is 0 Å². The van der Waals surface area contributed by atoms with Crippen molar-refractivity contribution in [1.29, 1.82) is 0 Å². The Balaban J connectivity index is 1.58. The third-order valence-corrected chi connectivity index (χ3v) is 5.53. The molecule has 2 aliphatic heterocycles. The Labute approximate surface area is 155 Å². The van der Waals surface area contributed by atoms with Crippen LogP contribution in [0.2, 0.25) is 0 Å². The number of aliphatic hydroxyl groups excluding tert-OH is 1. The lowest BCUT2D eigenvalue weighted by molar-refractivity contribution is -0.122. The van der Waals surface area contributed by atoms with E-state index in [1.54, 1.807) is 0 Å². The molecule has 2 saturated heterocycles. The van der Waals surface area contributed by atoms with E-state index in [4.69, 9.17) is 0 Å². The van der Waals surface area contributed by atoms with Crippen molar-refractivity contribution in [2.24, 2.45) is 7.05 Å². The van der Waals surface area contributed by atoms with Gasteiger partial charge in [0, 0.05) is 39.1 Å². The number of carbonyl (C=O) groups is 1. The molecular formula is C18H32N6O2. The van der Waals surface area contributed by atoms with Crippen LogP contribution in [0.5, 0.6) is 0 Å². The molecule has 1 aromatic rings. The zero-order valence-electron chi connectivity index (χ0n) is 16.0. The van der Waals surface area contributed by atoms with E-state index in [-0.39, 0.29) is 12.0 Å². The summed E-state index contributed by atoms with van der Waals surface area (Å²) in [5, 5.41) is 21.4. The second-order valence-corrected chi connectivity index (χ2v) is 7.57. The molecule has 8 nitrogen and oxygen atoms in total. The van der Waals surface area contributed by atoms with E-state index in [9.17, 15) is 9.90 Å². The van der Waals surface area contributed by atoms with Crippen LogP contribution in [0.4, 0.5) is 0 Å². The molecule has 2 N–H and O–H groups in total. The molecule has 1 atom stereocenters. The van der Waals surface area contributed by atoms with Crippen LogP contribution in [-0.2, 0) is 18.4 Å². The summed E-state index contributed by atoms with van der Waals surface area (Å²) < 4.78 is 2.13. The van der Waals surface area contributed by atoms with Gasteiger partial charge in [0.05, 0.1) is 19.2 Å². The fourth-order valence-electron chi connectivity index (χ4n) is 4.01. The van der Waals surface area contributed by atoms with Gasteiger partial charge in [0.15, 0.2) is 0 Å². The number of piperidine rings is 2. The first-order valence-corrected chi connectivity index (χ1v) is 9.84. The molecule has 8 heteroatoms. The van der Waals surface area contributed by atoms with Gasteiger partial charge in [-0.15, -0.1) is 10.2 Å². The van der Waals surface area contributed by atoms with E-state index < -0.39 is 0 Å². The Kier molecular flexibility index (Phi) is 6.61. The minimum atomic E-state index is -0.153. The average molecular weight is 364 g/mol. The van der Waals surface area contributed by atoms with Crippen LogP contribution < -0.4 is 5.32 Å². The van der Waals surface area contributed by atoms with Crippen LogP contribution in [0.25, 0.3) is 0 Å². The zero-order chi connectivity index (χ0) is 18.5. The predicted octanol–water partition coefficient (Wildman–Crippen LogP) is 0.0873. The lowest BCUT2D eigenvalue weighted by Crippen LogP contribution is -2.42. The fraction of sp³-hybridized carbons (Fsp3) is 0.833. The molecule has 0 aliphatic carbocycles. The van der Waals surface area contributed by atoms with Crippen LogP contribution in [0.1, 0.15) is 50.2 Å². The summed E-state index contributed by atoms with van der Waals surface area (Å²) in [6, 6.07) is 0. The molecule has 1 amide bonds. The van der Waals surface area contributed by atoms with Crippen LogP contribution >= 0.6 is 0 Å². The monoisotopic (exact) mass is 364 g/mol. The third kappa shape index (κ3) is 4.81. The van der Waals surface area contributed by atoms with Gasteiger partial charge in [-0.1, -0.05) is 0 Å². The first-order chi connectivity index (χ1) is 12.6. The number of likely N-dealkylation sites (N-methyl/N-ethyl adjacent to an activating group) is 1. The highest BCUT2D eigenvalue weighted by Crippen LogP contribution is 2.26. The van der Waals surface area contributed by atoms with Crippen molar-refractivity contribution in [2.45, 2.75) is 51.2 Å². The van der Waals surface area contributed by atoms with Crippen molar-refractivity contribution in [2.75, 3.05) is 39.3 Å². The van der Waals surface area contributed by atoms with Crippen LogP contribution in [-0.4, -0.2) is 81.0 Å². The molecular weight excluding hydrogens is 332 g/mol. The molecule has 146 valence electrons. The summed E-state index contributed by atoms with van der Waals surface area (Å²) in [4.78, 5) is 16.4. The Bertz CT molecular complexity index is 597. The molecule has 0 spiro atoms. The number of carbonyl (C=O) groups excluding carboxylic acids is 1. The highest BCUT2D eigenvalue weighted by Gasteiger charge is 2.27. The van der Waals surface area contributed by atoms with Crippen LogP contribution in [0.3, 0.4) is 0 Å². The predicted molar refractivity (Wildman–Crippen MR) is 98.6 cm³/mol. The van der Waals surface area contributed by atoms with Crippen molar-refractivity contribution in [1.82, 2.24) is 29.9 Å². The quantitative estimate of drug-likeness (QED) is 0.744. The fourth-order valence-corrected chi connectivity index (χ4v) is 4.01. The molecule has 26 heavy (non-hydrogen) atoms. The minimum Gasteiger partial charge on any atom is -0.393 e. The summed E-state index contributed by atoms with van der Waals surface area (Å²) in [7, 11) is 2.05. The second kappa shape index (κ2) is 8.92. The molecule has 0 radical (unpaired) electrons. The zero-order valence-corrected chi connectivity index (χ0v) is 16.0. The topological polar surface area (TPSA) is 86.5 Å². The van der Waals surface area contributed by atoms with Gasteiger partial charge >= 0.3 is 0 Å². The van der Waals surface area contributed by atoms with Crippen LogP contribution in [0.15, 0.2) is 0 Å². The summed E-state index contributed by atoms with van der Waals surface area (Å²) in [6.07, 6.45) is 3.69. The van der Waals surface area contributed by atoms with Gasteiger partial charge < -0.3 is 15.0 Å². The number of aliphatic hydroxyl groups is 1. The Hall–Kier alpha value is -1.51. The van der Waals surface area contributed by atoms with E-state index in [0.29, 0.717) is 19.0 Å². The first-order valence-electron chi connectivity index (χ1n) is 9.84. The summed E-state index contributed by atoms with van der Waals surface area (Å²) in [6.45, 7) is 7.52. The number of amides is 1. The number of nitrogens with one attached hydrogen (secondary N) is 1. The molecule has 0 saturated carbocycles. The maximum atomic E-state index is 11.9. The lowest BCUT2D eigenvalue weighted by Gasteiger charge is -2.32. The number of likely N-dealkylation sites (tertiary alicyclic amines) is 2. The van der Waals surface area contributed by atoms with Gasteiger partial charge in [-0.05, 0) is 39.2 Å². The van der Waals surface area contributed by atoms with E-state index in [0.717, 1.165) is 70.1 Å². The standard InChI is InChI=1S/C18H32N6O2/c1-3-19-17(26)13-24-8-4-5-14(11-24)18-21-20-16(22(18)2)12-23-9-6-15(25)7-10-23/h14-15,25H,3-13H2,1-2H3,(H,19,26)/t14-/m1/s1. The first kappa shape index (κ1) is 19.3.